The van der Waals surface area contributed by atoms with Crippen LogP contribution in [0.4, 0.5) is 23.5 Å². The Hall–Kier alpha value is -4.91. The van der Waals surface area contributed by atoms with E-state index in [4.69, 9.17) is 44.6 Å². The molecule has 0 radical (unpaired) electrons. The van der Waals surface area contributed by atoms with Crippen LogP contribution in [0.2, 0.25) is 0 Å². The van der Waals surface area contributed by atoms with Gasteiger partial charge < -0.3 is 59.9 Å². The first-order valence-corrected chi connectivity index (χ1v) is 20.5. The van der Waals surface area contributed by atoms with Crippen molar-refractivity contribution in [3.8, 4) is 11.8 Å². The average molecular weight is 877 g/mol. The molecule has 7 N–H and O–H groups in total. The summed E-state index contributed by atoms with van der Waals surface area (Å²) < 4.78 is 38.9. The van der Waals surface area contributed by atoms with E-state index in [1.165, 1.54) is 35.3 Å². The second kappa shape index (κ2) is 19.6. The van der Waals surface area contributed by atoms with Crippen molar-refractivity contribution < 1.29 is 62.9 Å². The summed E-state index contributed by atoms with van der Waals surface area (Å²) in [6, 6.07) is 0. The Balaban J connectivity index is 0.000000209. The number of anilines is 4. The molecule has 5 aliphatic rings. The SMILES string of the molecule is C=C1Sc2c(OCC3CC3)nc(N)nc2N1[C@@H]1O[C@H](CCOC=O)[C@@H](COC=O)[C@H]1OC(C)=O.C=C1Sc2c(OCC=C(C)C)nc(N)nc2N1[C@@H]1O[C@H](CO)[C@@H](O)[C@H]1O. The number of nitrogens with two attached hydrogens (primary N) is 2. The Bertz CT molecular complexity index is 1970. The maximum absolute atomic E-state index is 12.0. The minimum Gasteiger partial charge on any atom is -0.476 e. The molecule has 0 unspecified atom stereocenters. The first kappa shape index (κ1) is 44.6. The lowest BCUT2D eigenvalue weighted by atomic mass is 9.96. The number of hydrogen-bond acceptors (Lipinski definition) is 23. The van der Waals surface area contributed by atoms with E-state index in [0.29, 0.717) is 81.7 Å². The summed E-state index contributed by atoms with van der Waals surface area (Å²) in [7, 11) is 0. The Morgan fingerprint density at radius 3 is 1.97 bits per heavy atom. The number of fused-ring (bicyclic) bond motifs is 2. The van der Waals surface area contributed by atoms with Crippen LogP contribution in [-0.4, -0.2) is 130 Å². The van der Waals surface area contributed by atoms with Crippen molar-refractivity contribution in [2.45, 2.75) is 92.8 Å². The second-order valence-corrected chi connectivity index (χ2v) is 16.5. The molecule has 2 aromatic heterocycles. The number of allylic oxidation sites excluding steroid dienone is 1. The number of aromatic nitrogens is 4. The van der Waals surface area contributed by atoms with Crippen molar-refractivity contribution in [3.63, 3.8) is 0 Å². The largest absolute Gasteiger partial charge is 0.476 e. The van der Waals surface area contributed by atoms with Gasteiger partial charge in [0.25, 0.3) is 12.9 Å². The van der Waals surface area contributed by atoms with Crippen LogP contribution >= 0.6 is 23.5 Å². The monoisotopic (exact) mass is 876 g/mol. The summed E-state index contributed by atoms with van der Waals surface area (Å²) in [4.78, 5) is 54.9. The molecule has 4 aliphatic heterocycles. The van der Waals surface area contributed by atoms with Crippen LogP contribution in [0.1, 0.15) is 40.0 Å². The van der Waals surface area contributed by atoms with Crippen molar-refractivity contribution in [1.82, 2.24) is 19.9 Å². The number of aliphatic hydroxyl groups is 3. The lowest BCUT2D eigenvalue weighted by Crippen LogP contribution is -2.44. The number of ether oxygens (including phenoxy) is 7. The molecule has 3 fully saturated rings. The molecule has 60 heavy (non-hydrogen) atoms. The van der Waals surface area contributed by atoms with Crippen LogP contribution in [0.5, 0.6) is 11.8 Å². The molecule has 23 heteroatoms. The van der Waals surface area contributed by atoms with Crippen LogP contribution in [0, 0.1) is 11.8 Å². The van der Waals surface area contributed by atoms with Crippen LogP contribution in [0.25, 0.3) is 0 Å². The van der Waals surface area contributed by atoms with Crippen LogP contribution in [0.15, 0.2) is 44.7 Å². The number of thioether (sulfide) groups is 2. The molecule has 2 aromatic rings. The third-order valence-electron chi connectivity index (χ3n) is 9.73. The molecule has 0 spiro atoms. The number of esters is 1. The number of rotatable bonds is 17. The summed E-state index contributed by atoms with van der Waals surface area (Å²) >= 11 is 2.57. The molecule has 0 aromatic carbocycles. The van der Waals surface area contributed by atoms with Gasteiger partial charge in [0.05, 0.1) is 41.9 Å². The van der Waals surface area contributed by atoms with Gasteiger partial charge >= 0.3 is 5.97 Å². The molecule has 6 heterocycles. The fourth-order valence-electron chi connectivity index (χ4n) is 6.72. The molecule has 7 rings (SSSR count). The number of nitrogen functional groups attached to an aromatic ring is 2. The fourth-order valence-corrected chi connectivity index (χ4v) is 8.62. The van der Waals surface area contributed by atoms with Crippen LogP contribution < -0.4 is 30.7 Å². The van der Waals surface area contributed by atoms with Gasteiger partial charge in [-0.3, -0.25) is 24.2 Å². The topological polar surface area (TPSA) is 287 Å². The second-order valence-electron chi connectivity index (χ2n) is 14.4. The smallest absolute Gasteiger partial charge is 0.303 e. The molecule has 21 nitrogen and oxygen atoms in total. The number of hydrogen-bond donors (Lipinski definition) is 5. The van der Waals surface area contributed by atoms with Crippen LogP contribution in [-0.2, 0) is 38.1 Å². The highest BCUT2D eigenvalue weighted by Gasteiger charge is 2.53. The molecule has 1 aliphatic carbocycles. The summed E-state index contributed by atoms with van der Waals surface area (Å²) in [5, 5.41) is 30.7. The minimum absolute atomic E-state index is 0.00277. The van der Waals surface area contributed by atoms with E-state index in [0.717, 1.165) is 18.4 Å². The van der Waals surface area contributed by atoms with E-state index in [2.05, 4.69) is 33.1 Å². The van der Waals surface area contributed by atoms with Crippen molar-refractivity contribution in [2.75, 3.05) is 54.3 Å². The summed E-state index contributed by atoms with van der Waals surface area (Å²) in [6.45, 7) is 14.4. The van der Waals surface area contributed by atoms with Crippen molar-refractivity contribution in [1.29, 1.82) is 0 Å². The van der Waals surface area contributed by atoms with Gasteiger partial charge in [-0.25, -0.2) is 0 Å². The molecule has 326 valence electrons. The first-order valence-electron chi connectivity index (χ1n) is 18.9. The molecule has 2 saturated heterocycles. The zero-order valence-electron chi connectivity index (χ0n) is 33.1. The Morgan fingerprint density at radius 2 is 1.43 bits per heavy atom. The van der Waals surface area contributed by atoms with Gasteiger partial charge in [0.2, 0.25) is 23.7 Å². The maximum Gasteiger partial charge on any atom is 0.303 e. The Morgan fingerprint density at radius 1 is 0.850 bits per heavy atom. The lowest BCUT2D eigenvalue weighted by Gasteiger charge is -2.30. The standard InChI is InChI=1S/C21H26N4O8S.C16H22N4O5S/c1-11-25(18-17(34-11)19(24-21(22)23-18)31-7-13-3-4-13)20-16(32-12(2)28)14(8-30-10-27)15(33-20)5-6-29-9-26;1-7(2)4-5-24-14-12-13(18-16(17)19-14)20(8(3)26-12)15-11(23)10(22)9(6-21)25-15/h9-10,13-16,20H,1,3-8H2,2H3,(H2,22,23,24);4,9-11,15,21-23H,3,5-6H2,1-2H3,(H2,17,18,19)/t14-,15-,16-,20-;9-,10-,11-,15-/m11/s1. The van der Waals surface area contributed by atoms with Gasteiger partial charge in [0, 0.05) is 13.3 Å². The van der Waals surface area contributed by atoms with E-state index < -0.39 is 61.5 Å². The highest BCUT2D eigenvalue weighted by Crippen LogP contribution is 2.53. The summed E-state index contributed by atoms with van der Waals surface area (Å²) in [5.41, 5.74) is 12.9. The zero-order chi connectivity index (χ0) is 43.2. The number of aliphatic hydroxyl groups excluding tert-OH is 3. The fraction of sp³-hybridized carbons (Fsp3) is 0.541. The van der Waals surface area contributed by atoms with Crippen molar-refractivity contribution in [3.05, 3.63) is 34.9 Å². The van der Waals surface area contributed by atoms with E-state index in [9.17, 15) is 29.7 Å². The molecule has 0 bridgehead atoms. The van der Waals surface area contributed by atoms with Crippen molar-refractivity contribution >= 4 is 66.0 Å². The van der Waals surface area contributed by atoms with E-state index in [1.807, 2.05) is 19.9 Å². The molecule has 1 saturated carbocycles. The summed E-state index contributed by atoms with van der Waals surface area (Å²) in [5.74, 6) is 0.953. The normalized spacial score (nSPS) is 26.4. The number of carbonyl (C=O) groups is 3. The van der Waals surface area contributed by atoms with E-state index in [-0.39, 0.29) is 25.1 Å². The van der Waals surface area contributed by atoms with Gasteiger partial charge in [-0.2, -0.15) is 19.9 Å². The third-order valence-corrected chi connectivity index (χ3v) is 11.7. The average Bonchev–Trinajstić information content (AvgIpc) is 3.68. The van der Waals surface area contributed by atoms with Crippen LogP contribution in [0.3, 0.4) is 0 Å². The predicted octanol–water partition coefficient (Wildman–Crippen LogP) is 1.47. The van der Waals surface area contributed by atoms with Gasteiger partial charge in [-0.1, -0.05) is 42.3 Å². The highest BCUT2D eigenvalue weighted by molar-refractivity contribution is 8.04. The van der Waals surface area contributed by atoms with Gasteiger partial charge in [0.1, 0.15) is 41.3 Å². The number of nitrogens with zero attached hydrogens (tertiary/aromatic N) is 6. The zero-order valence-corrected chi connectivity index (χ0v) is 34.7. The minimum atomic E-state index is -1.25. The molecule has 0 amide bonds. The maximum atomic E-state index is 12.0. The quantitative estimate of drug-likeness (QED) is 0.0494. The number of carbonyl (C=O) groups excluding carboxylic acids is 3. The van der Waals surface area contributed by atoms with Crippen molar-refractivity contribution in [2.24, 2.45) is 11.8 Å². The van der Waals surface area contributed by atoms with Gasteiger partial charge in [0.15, 0.2) is 30.2 Å². The van der Waals surface area contributed by atoms with Gasteiger partial charge in [-0.15, -0.1) is 0 Å². The highest BCUT2D eigenvalue weighted by atomic mass is 32.2. The molecule has 8 atom stereocenters. The van der Waals surface area contributed by atoms with Gasteiger partial charge in [-0.05, 0) is 38.7 Å². The molecular formula is C37H48N8O13S2. The third kappa shape index (κ3) is 9.99. The van der Waals surface area contributed by atoms with E-state index >= 15 is 0 Å². The first-order chi connectivity index (χ1) is 28.8. The Kier molecular flexibility index (Phi) is 14.6. The molecular weight excluding hydrogens is 829 g/mol. The lowest BCUT2D eigenvalue weighted by molar-refractivity contribution is -0.151. The predicted molar refractivity (Wildman–Crippen MR) is 215 cm³/mol. The Labute approximate surface area is 353 Å². The van der Waals surface area contributed by atoms with E-state index in [1.54, 1.807) is 4.90 Å². The summed E-state index contributed by atoms with van der Waals surface area (Å²) in [6.07, 6.45) is -2.13.